The molecule has 0 bridgehead atoms. The Morgan fingerprint density at radius 2 is 1.86 bits per heavy atom. The largest absolute Gasteiger partial charge is 0.490 e. The molecule has 37 heavy (non-hydrogen) atoms. The first-order chi connectivity index (χ1) is 17.1. The first-order valence-electron chi connectivity index (χ1n) is 10.1. The molecule has 23 heteroatoms. The van der Waals surface area contributed by atoms with E-state index in [1.165, 1.54) is 18.0 Å². The summed E-state index contributed by atoms with van der Waals surface area (Å²) in [5, 5.41) is 10.8. The maximum absolute atomic E-state index is 12.1. The van der Waals surface area contributed by atoms with Crippen molar-refractivity contribution in [2.45, 2.75) is 31.0 Å². The number of hydrogen-bond acceptors (Lipinski definition) is 14. The molecule has 20 nitrogen and oxygen atoms in total. The van der Waals surface area contributed by atoms with Crippen molar-refractivity contribution >= 4 is 40.6 Å². The number of phosphoric ester groups is 1. The zero-order valence-electron chi connectivity index (χ0n) is 18.8. The van der Waals surface area contributed by atoms with E-state index in [0.29, 0.717) is 13.0 Å². The van der Waals surface area contributed by atoms with Crippen molar-refractivity contribution in [1.82, 2.24) is 19.5 Å². The number of H-pyrrole nitrogens is 1. The third kappa shape index (κ3) is 7.95. The van der Waals surface area contributed by atoms with Gasteiger partial charge in [-0.3, -0.25) is 18.9 Å². The molecule has 0 aliphatic carbocycles. The number of ether oxygens (including phenoxy) is 3. The molecule has 2 aromatic heterocycles. The summed E-state index contributed by atoms with van der Waals surface area (Å²) < 4.78 is 63.7. The van der Waals surface area contributed by atoms with Gasteiger partial charge in [-0.25, -0.2) is 18.7 Å². The molecule has 1 fully saturated rings. The second-order valence-corrected chi connectivity index (χ2v) is 11.8. The SMILES string of the molecule is COCCCOC1[C@@H](O)[C@@H](COP(=O)(O)OP(=O)(O)OP(=O)(O)O)O[C@H]1n1cnc2c(=O)[nH]c(N)nc21. The first-order valence-corrected chi connectivity index (χ1v) is 14.6. The number of aromatic amines is 1. The van der Waals surface area contributed by atoms with Crippen LogP contribution in [0.3, 0.4) is 0 Å². The minimum atomic E-state index is -5.74. The standard InChI is InChI=1S/C14H24N5O15P3/c1-29-3-2-4-30-10-9(20)7(5-31-36(25,26)34-37(27,28)33-35(22,23)24)32-13(10)19-6-16-8-11(19)17-14(15)18-12(8)21/h6-7,9-10,13,20H,2-5H2,1H3,(H,25,26)(H,27,28)(H2,22,23,24)(H3,15,17,18,21)/t7-,9+,10?,13-/m1/s1. The van der Waals surface area contributed by atoms with Crippen LogP contribution in [-0.4, -0.2) is 89.4 Å². The van der Waals surface area contributed by atoms with Gasteiger partial charge in [0.15, 0.2) is 17.4 Å². The highest BCUT2D eigenvalue weighted by Gasteiger charge is 2.48. The molecule has 0 saturated carbocycles. The van der Waals surface area contributed by atoms with Crippen LogP contribution in [0.4, 0.5) is 5.95 Å². The lowest BCUT2D eigenvalue weighted by atomic mass is 10.1. The lowest BCUT2D eigenvalue weighted by molar-refractivity contribution is -0.0725. The zero-order valence-corrected chi connectivity index (χ0v) is 21.5. The van der Waals surface area contributed by atoms with Gasteiger partial charge in [0.2, 0.25) is 5.95 Å². The highest BCUT2D eigenvalue weighted by molar-refractivity contribution is 7.66. The molecule has 0 aromatic carbocycles. The van der Waals surface area contributed by atoms with Gasteiger partial charge < -0.3 is 44.6 Å². The minimum absolute atomic E-state index is 0.0301. The lowest BCUT2D eigenvalue weighted by Gasteiger charge is -2.22. The highest BCUT2D eigenvalue weighted by atomic mass is 31.3. The number of aliphatic hydroxyl groups excluding tert-OH is 1. The summed E-state index contributed by atoms with van der Waals surface area (Å²) in [4.78, 5) is 58.5. The lowest BCUT2D eigenvalue weighted by Crippen LogP contribution is -2.36. The number of fused-ring (bicyclic) bond motifs is 1. The number of aromatic nitrogens is 4. The number of nitrogens with one attached hydrogen (secondary N) is 1. The normalized spacial score (nSPS) is 25.8. The fraction of sp³-hybridized carbons (Fsp3) is 0.643. The maximum Gasteiger partial charge on any atom is 0.490 e. The Kier molecular flexibility index (Phi) is 9.43. The van der Waals surface area contributed by atoms with E-state index in [2.05, 4.69) is 28.1 Å². The fourth-order valence-electron chi connectivity index (χ4n) is 3.28. The number of phosphoric acid groups is 3. The number of imidazole rings is 1. The van der Waals surface area contributed by atoms with Crippen molar-refractivity contribution in [2.75, 3.05) is 32.7 Å². The summed E-state index contributed by atoms with van der Waals surface area (Å²) in [5.41, 5.74) is 4.81. The van der Waals surface area contributed by atoms with Crippen LogP contribution in [0.1, 0.15) is 12.6 Å². The Morgan fingerprint density at radius 1 is 1.16 bits per heavy atom. The molecule has 210 valence electrons. The second kappa shape index (κ2) is 11.6. The number of methoxy groups -OCH3 is 1. The number of rotatable bonds is 13. The third-order valence-corrected chi connectivity index (χ3v) is 8.46. The summed E-state index contributed by atoms with van der Waals surface area (Å²) in [6.07, 6.45) is -3.79. The molecule has 3 rings (SSSR count). The molecule has 1 saturated heterocycles. The molecule has 1 aliphatic rings. The van der Waals surface area contributed by atoms with E-state index in [1.54, 1.807) is 0 Å². The smallest absolute Gasteiger partial charge is 0.387 e. The van der Waals surface area contributed by atoms with Crippen LogP contribution in [0, 0.1) is 0 Å². The van der Waals surface area contributed by atoms with Crippen LogP contribution < -0.4 is 11.3 Å². The van der Waals surface area contributed by atoms with Gasteiger partial charge >= 0.3 is 23.5 Å². The van der Waals surface area contributed by atoms with Crippen LogP contribution in [-0.2, 0) is 41.1 Å². The van der Waals surface area contributed by atoms with Gasteiger partial charge in [-0.15, -0.1) is 0 Å². The Balaban J connectivity index is 1.80. The molecule has 1 aliphatic heterocycles. The first kappa shape index (κ1) is 29.9. The predicted molar refractivity (Wildman–Crippen MR) is 119 cm³/mol. The van der Waals surface area contributed by atoms with E-state index in [0.717, 1.165) is 0 Å². The Morgan fingerprint density at radius 3 is 2.51 bits per heavy atom. The molecule has 2 aromatic rings. The number of anilines is 1. The summed E-state index contributed by atoms with van der Waals surface area (Å²) >= 11 is 0. The molecule has 8 N–H and O–H groups in total. The van der Waals surface area contributed by atoms with Crippen molar-refractivity contribution < 1.29 is 65.7 Å². The summed E-state index contributed by atoms with van der Waals surface area (Å²) in [6, 6.07) is 0. The topological polar surface area (TPSA) is 297 Å². The zero-order chi connectivity index (χ0) is 27.6. The maximum atomic E-state index is 12.1. The van der Waals surface area contributed by atoms with E-state index >= 15 is 0 Å². The van der Waals surface area contributed by atoms with Gasteiger partial charge in [0.05, 0.1) is 12.9 Å². The highest BCUT2D eigenvalue weighted by Crippen LogP contribution is 2.66. The number of nitrogen functional groups attached to an aromatic ring is 1. The van der Waals surface area contributed by atoms with Gasteiger partial charge in [0.1, 0.15) is 18.3 Å². The Bertz CT molecular complexity index is 1300. The molecule has 0 spiro atoms. The molecule has 3 unspecified atom stereocenters. The van der Waals surface area contributed by atoms with Crippen LogP contribution in [0.15, 0.2) is 11.1 Å². The van der Waals surface area contributed by atoms with Crippen LogP contribution >= 0.6 is 23.5 Å². The molecule has 0 amide bonds. The van der Waals surface area contributed by atoms with Gasteiger partial charge in [-0.05, 0) is 6.42 Å². The van der Waals surface area contributed by atoms with Crippen molar-refractivity contribution in [3.05, 3.63) is 16.7 Å². The van der Waals surface area contributed by atoms with Gasteiger partial charge in [0, 0.05) is 20.3 Å². The number of aliphatic hydroxyl groups is 1. The predicted octanol–water partition coefficient (Wildman–Crippen LogP) is -1.27. The Labute approximate surface area is 206 Å². The van der Waals surface area contributed by atoms with Crippen LogP contribution in [0.25, 0.3) is 11.2 Å². The summed E-state index contributed by atoms with van der Waals surface area (Å²) in [6.45, 7) is -0.547. The van der Waals surface area contributed by atoms with Crippen molar-refractivity contribution in [3.8, 4) is 0 Å². The quantitative estimate of drug-likeness (QED) is 0.105. The van der Waals surface area contributed by atoms with Gasteiger partial charge in [-0.2, -0.15) is 13.6 Å². The van der Waals surface area contributed by atoms with E-state index in [1.807, 2.05) is 0 Å². The van der Waals surface area contributed by atoms with Crippen LogP contribution in [0.2, 0.25) is 0 Å². The summed E-state index contributed by atoms with van der Waals surface area (Å²) in [5.74, 6) is -0.237. The van der Waals surface area contributed by atoms with E-state index < -0.39 is 60.2 Å². The Hall–Kier alpha value is -1.60. The number of hydrogen-bond donors (Lipinski definition) is 7. The molecule has 0 radical (unpaired) electrons. The molecule has 6 atom stereocenters. The van der Waals surface area contributed by atoms with E-state index in [-0.39, 0.29) is 23.7 Å². The summed E-state index contributed by atoms with van der Waals surface area (Å²) in [7, 11) is -15.3. The molecule has 3 heterocycles. The fourth-order valence-corrected chi connectivity index (χ4v) is 6.31. The average molecular weight is 595 g/mol. The van der Waals surface area contributed by atoms with Crippen LogP contribution in [0.5, 0.6) is 0 Å². The van der Waals surface area contributed by atoms with Gasteiger partial charge in [0.25, 0.3) is 5.56 Å². The molecular weight excluding hydrogens is 571 g/mol. The average Bonchev–Trinajstić information content (AvgIpc) is 3.28. The van der Waals surface area contributed by atoms with E-state index in [9.17, 15) is 33.4 Å². The number of nitrogens with two attached hydrogens (primary N) is 1. The molecular formula is C14H24N5O15P3. The van der Waals surface area contributed by atoms with Crippen molar-refractivity contribution in [1.29, 1.82) is 0 Å². The van der Waals surface area contributed by atoms with Gasteiger partial charge in [-0.1, -0.05) is 0 Å². The van der Waals surface area contributed by atoms with E-state index in [4.69, 9.17) is 29.7 Å². The minimum Gasteiger partial charge on any atom is -0.387 e. The monoisotopic (exact) mass is 595 g/mol. The second-order valence-electron chi connectivity index (χ2n) is 7.40. The number of nitrogens with zero attached hydrogens (tertiary/aromatic N) is 3. The van der Waals surface area contributed by atoms with Crippen molar-refractivity contribution in [3.63, 3.8) is 0 Å². The van der Waals surface area contributed by atoms with Crippen molar-refractivity contribution in [2.24, 2.45) is 0 Å². The third-order valence-electron chi connectivity index (χ3n) is 4.66.